The third-order valence-electron chi connectivity index (χ3n) is 14.7. The molecule has 340 valence electrons. The first kappa shape index (κ1) is 45.5. The van der Waals surface area contributed by atoms with E-state index in [0.29, 0.717) is 67.7 Å². The molecule has 8 bridgehead atoms. The summed E-state index contributed by atoms with van der Waals surface area (Å²) < 4.78 is 12.9. The maximum Gasteiger partial charge on any atom is 0.189 e. The Kier molecular flexibility index (Phi) is 14.2. The van der Waals surface area contributed by atoms with E-state index in [-0.39, 0.29) is 84.6 Å². The first-order chi connectivity index (χ1) is 31.0. The molecular formula is C54H67N3O7. The number of rotatable bonds is 12. The van der Waals surface area contributed by atoms with Crippen LogP contribution in [0, 0.1) is 35.0 Å². The van der Waals surface area contributed by atoms with Gasteiger partial charge in [-0.25, -0.2) is 4.99 Å². The Morgan fingerprint density at radius 1 is 1.05 bits per heavy atom. The molecule has 8 rings (SSSR count). The molecule has 7 N–H and O–H groups in total. The summed E-state index contributed by atoms with van der Waals surface area (Å²) in [6, 6.07) is 15.9. The third kappa shape index (κ3) is 9.78. The summed E-state index contributed by atoms with van der Waals surface area (Å²) in [7, 11) is 1.70. The Labute approximate surface area is 379 Å². The zero-order valence-corrected chi connectivity index (χ0v) is 37.9. The van der Waals surface area contributed by atoms with E-state index in [0.717, 1.165) is 72.8 Å². The van der Waals surface area contributed by atoms with Crippen LogP contribution in [0.2, 0.25) is 0 Å². The monoisotopic (exact) mass is 869 g/mol. The molecule has 0 radical (unpaired) electrons. The number of phenolic OH excluding ortho intramolecular Hbond substituents is 2. The largest absolute Gasteiger partial charge is 0.508 e. The minimum atomic E-state index is -0.866. The summed E-state index contributed by atoms with van der Waals surface area (Å²) in [6.07, 6.45) is 12.9. The number of aryl methyl sites for hydroxylation is 1. The number of ether oxygens (including phenoxy) is 2. The first-order valence-electron chi connectivity index (χ1n) is 23.7. The maximum absolute atomic E-state index is 13.6. The number of hydrogen-bond acceptors (Lipinski definition) is 10. The van der Waals surface area contributed by atoms with Gasteiger partial charge in [0.1, 0.15) is 5.75 Å². The van der Waals surface area contributed by atoms with Gasteiger partial charge in [0.2, 0.25) is 0 Å². The van der Waals surface area contributed by atoms with Crippen LogP contribution in [0.5, 0.6) is 17.2 Å². The lowest BCUT2D eigenvalue weighted by atomic mass is 9.51. The van der Waals surface area contributed by atoms with Crippen LogP contribution in [0.3, 0.4) is 0 Å². The number of aliphatic hydroxyl groups excluding tert-OH is 2. The molecule has 4 aliphatic carbocycles. The van der Waals surface area contributed by atoms with Crippen LogP contribution in [0.25, 0.3) is 0 Å². The Hall–Kier alpha value is -5.08. The van der Waals surface area contributed by atoms with E-state index in [1.165, 1.54) is 5.57 Å². The number of nitrogens with two attached hydrogens (primary N) is 1. The highest BCUT2D eigenvalue weighted by Gasteiger charge is 2.54. The van der Waals surface area contributed by atoms with Crippen LogP contribution in [-0.4, -0.2) is 71.2 Å². The van der Waals surface area contributed by atoms with E-state index < -0.39 is 5.41 Å². The minimum absolute atomic E-state index is 0.0441. The zero-order valence-electron chi connectivity index (χ0n) is 37.9. The van der Waals surface area contributed by atoms with Crippen LogP contribution in [0.15, 0.2) is 76.8 Å². The molecule has 0 aromatic heterocycles. The average Bonchev–Trinajstić information content (AvgIpc) is 3.79. The van der Waals surface area contributed by atoms with Gasteiger partial charge in [-0.1, -0.05) is 74.1 Å². The summed E-state index contributed by atoms with van der Waals surface area (Å²) in [5.41, 5.74) is 14.1. The van der Waals surface area contributed by atoms with E-state index in [2.05, 4.69) is 48.4 Å². The minimum Gasteiger partial charge on any atom is -0.508 e. The molecule has 5 aliphatic rings. The number of carbonyl (C=O) groups excluding carboxylic acids is 1. The predicted octanol–water partition coefficient (Wildman–Crippen LogP) is 8.26. The number of fused-ring (bicyclic) bond motifs is 10. The highest BCUT2D eigenvalue weighted by Crippen LogP contribution is 2.62. The molecular weight excluding hydrogens is 803 g/mol. The lowest BCUT2D eigenvalue weighted by Gasteiger charge is -2.54. The molecule has 2 saturated carbocycles. The van der Waals surface area contributed by atoms with Gasteiger partial charge >= 0.3 is 0 Å². The summed E-state index contributed by atoms with van der Waals surface area (Å²) >= 11 is 0. The van der Waals surface area contributed by atoms with E-state index in [1.54, 1.807) is 13.2 Å². The molecule has 0 amide bonds. The van der Waals surface area contributed by atoms with Crippen molar-refractivity contribution in [3.63, 3.8) is 0 Å². The number of aromatic hydroxyl groups is 2. The van der Waals surface area contributed by atoms with Crippen LogP contribution < -0.4 is 15.8 Å². The van der Waals surface area contributed by atoms with Gasteiger partial charge in [0.15, 0.2) is 23.2 Å². The second-order valence-electron chi connectivity index (χ2n) is 19.4. The maximum atomic E-state index is 13.6. The SMILES string of the molecule is CCC/C(=C/C(=O)CCc1cc(OC2CCCC2)c(O)c2c1C#CC[C@H]1C[C@]3(CO)C=C4[C@@H](C[C@@H](C)C[C@H]4[C@H]2[C@H]3COC)c2cc(O)cc(c2)Cc2cccc(c2)CN=C(N)N1)CO. The second-order valence-corrected chi connectivity index (χ2v) is 19.4. The Morgan fingerprint density at radius 2 is 1.86 bits per heavy atom. The molecule has 3 aromatic rings. The van der Waals surface area contributed by atoms with E-state index in [9.17, 15) is 25.2 Å². The predicted molar refractivity (Wildman–Crippen MR) is 250 cm³/mol. The van der Waals surface area contributed by atoms with E-state index in [4.69, 9.17) is 20.2 Å². The van der Waals surface area contributed by atoms with E-state index >= 15 is 0 Å². The quantitative estimate of drug-likeness (QED) is 0.0597. The van der Waals surface area contributed by atoms with Gasteiger partial charge in [-0.3, -0.25) is 4.79 Å². The van der Waals surface area contributed by atoms with Crippen LogP contribution in [0.1, 0.15) is 135 Å². The highest BCUT2D eigenvalue weighted by molar-refractivity contribution is 5.90. The van der Waals surface area contributed by atoms with Crippen molar-refractivity contribution in [1.29, 1.82) is 0 Å². The standard InChI is InChI=1S/C54H67N3O7/c1-4-9-36(30-58)23-41(60)17-16-38-26-49(64-43-13-5-6-14-43)52(62)51-44(38)15-8-12-40-27-54(32-59)28-47-45(18-33(2)19-46(47)50(51)48(54)31-63-3)39-22-37(24-42(61)25-39)21-34-10-7-11-35(20-34)29-56-53(55)57-40/h7,10-11,20,22-26,28,33,40,43,45-46,48,50,58-59,61-62H,4-6,9,12-14,16-19,21,27,29-32H2,1-3H3,(H3,55,56,57)/b36-23-/t33-,40+,45+,46-,48-,50+,54-/m1/s1. The number of guanidine groups is 1. The number of ketones is 1. The van der Waals surface area contributed by atoms with Crippen LogP contribution in [-0.2, 0) is 28.9 Å². The van der Waals surface area contributed by atoms with Crippen molar-refractivity contribution in [3.05, 3.63) is 111 Å². The Balaban J connectivity index is 1.38. The molecule has 7 atom stereocenters. The lowest BCUT2D eigenvalue weighted by molar-refractivity contribution is -0.114. The molecule has 64 heavy (non-hydrogen) atoms. The van der Waals surface area contributed by atoms with Crippen LogP contribution >= 0.6 is 0 Å². The molecule has 0 unspecified atom stereocenters. The fourth-order valence-electron chi connectivity index (χ4n) is 11.9. The van der Waals surface area contributed by atoms with Crippen LogP contribution in [0.4, 0.5) is 0 Å². The fourth-order valence-corrected chi connectivity index (χ4v) is 11.9. The van der Waals surface area contributed by atoms with Crippen molar-refractivity contribution in [2.75, 3.05) is 26.9 Å². The third-order valence-corrected chi connectivity index (χ3v) is 14.7. The number of phenols is 2. The summed E-state index contributed by atoms with van der Waals surface area (Å²) in [5, 5.41) is 49.9. The van der Waals surface area contributed by atoms with Gasteiger partial charge in [-0.05, 0) is 134 Å². The van der Waals surface area contributed by atoms with Crippen molar-refractivity contribution in [2.24, 2.45) is 33.9 Å². The first-order valence-corrected chi connectivity index (χ1v) is 23.7. The number of methoxy groups -OCH3 is 1. The van der Waals surface area contributed by atoms with Gasteiger partial charge in [-0.2, -0.15) is 0 Å². The van der Waals surface area contributed by atoms with Crippen molar-refractivity contribution in [2.45, 2.75) is 128 Å². The molecule has 0 spiro atoms. The zero-order chi connectivity index (χ0) is 45.0. The molecule has 2 fully saturated rings. The number of aliphatic imine (C=N–C) groups is 1. The highest BCUT2D eigenvalue weighted by atomic mass is 16.5. The average molecular weight is 870 g/mol. The van der Waals surface area contributed by atoms with Crippen molar-refractivity contribution >= 4 is 11.7 Å². The summed E-state index contributed by atoms with van der Waals surface area (Å²) in [6.45, 7) is 4.64. The van der Waals surface area contributed by atoms with Crippen molar-refractivity contribution < 1.29 is 34.7 Å². The number of allylic oxidation sites excluding steroid dienone is 2. The summed E-state index contributed by atoms with van der Waals surface area (Å²) in [5.74, 6) is 7.38. The number of nitrogens with one attached hydrogen (secondary N) is 1. The molecule has 1 heterocycles. The van der Waals surface area contributed by atoms with Gasteiger partial charge in [0.25, 0.3) is 0 Å². The Bertz CT molecular complexity index is 2350. The molecule has 10 nitrogen and oxygen atoms in total. The van der Waals surface area contributed by atoms with Gasteiger partial charge in [-0.15, -0.1) is 0 Å². The summed E-state index contributed by atoms with van der Waals surface area (Å²) in [4.78, 5) is 18.4. The number of hydrogen-bond donors (Lipinski definition) is 6. The topological polar surface area (TPSA) is 167 Å². The van der Waals surface area contributed by atoms with Crippen molar-refractivity contribution in [3.8, 4) is 29.1 Å². The van der Waals surface area contributed by atoms with Gasteiger partial charge < -0.3 is 41.0 Å². The number of carbonyl (C=O) groups is 1. The fraction of sp³-hybridized carbons (Fsp3) is 0.519. The Morgan fingerprint density at radius 3 is 2.62 bits per heavy atom. The lowest BCUT2D eigenvalue weighted by Crippen LogP contribution is -2.52. The van der Waals surface area contributed by atoms with Gasteiger partial charge in [0.05, 0.1) is 32.5 Å². The van der Waals surface area contributed by atoms with Crippen molar-refractivity contribution in [1.82, 2.24) is 5.32 Å². The van der Waals surface area contributed by atoms with Gasteiger partial charge in [0, 0.05) is 60.3 Å². The smallest absolute Gasteiger partial charge is 0.189 e. The van der Waals surface area contributed by atoms with E-state index in [1.807, 2.05) is 37.3 Å². The molecule has 10 heteroatoms. The second kappa shape index (κ2) is 20.0. The number of benzene rings is 3. The number of aliphatic hydroxyl groups is 2. The normalized spacial score (nSPS) is 26.7. The number of nitrogens with zero attached hydrogens (tertiary/aromatic N) is 1. The molecule has 3 aromatic carbocycles. The molecule has 1 aliphatic heterocycles. The molecule has 0 saturated heterocycles.